The molecule has 0 aliphatic heterocycles. The van der Waals surface area contributed by atoms with Crippen LogP contribution in [0.3, 0.4) is 0 Å². The first-order valence-electron chi connectivity index (χ1n) is 7.20. The monoisotopic (exact) mass is 319 g/mol. The second-order valence-corrected chi connectivity index (χ2v) is 6.24. The summed E-state index contributed by atoms with van der Waals surface area (Å²) in [4.78, 5) is 16.9. The molecule has 1 aromatic carbocycles. The first-order valence-corrected chi connectivity index (χ1v) is 8.02. The molecule has 5 nitrogen and oxygen atoms in total. The highest BCUT2D eigenvalue weighted by molar-refractivity contribution is 7.17. The molecule has 1 unspecified atom stereocenters. The fourth-order valence-corrected chi connectivity index (χ4v) is 2.63. The quantitative estimate of drug-likeness (QED) is 0.856. The molecule has 6 heteroatoms. The lowest BCUT2D eigenvalue weighted by Crippen LogP contribution is -2.25. The highest BCUT2D eigenvalue weighted by Gasteiger charge is 2.14. The Morgan fingerprint density at radius 2 is 1.91 bits per heavy atom. The van der Waals surface area contributed by atoms with Crippen LogP contribution in [0.1, 0.15) is 42.0 Å². The van der Waals surface area contributed by atoms with Gasteiger partial charge in [0.25, 0.3) is 5.91 Å². The average molecular weight is 319 g/mol. The van der Waals surface area contributed by atoms with Gasteiger partial charge in [-0.1, -0.05) is 23.5 Å². The highest BCUT2D eigenvalue weighted by atomic mass is 32.1. The Kier molecular flexibility index (Phi) is 5.38. The number of benzene rings is 1. The zero-order chi connectivity index (χ0) is 16.1. The van der Waals surface area contributed by atoms with Gasteiger partial charge in [0.2, 0.25) is 0 Å². The highest BCUT2D eigenvalue weighted by Crippen LogP contribution is 2.21. The van der Waals surface area contributed by atoms with E-state index >= 15 is 0 Å². The molecule has 1 heterocycles. The number of anilines is 1. The zero-order valence-corrected chi connectivity index (χ0v) is 14.0. The SMILES string of the molecule is CNc1ncc(C(=O)NC(C)c2ccc(OC(C)C)cc2)s1. The molecule has 22 heavy (non-hydrogen) atoms. The number of ether oxygens (including phenoxy) is 1. The zero-order valence-electron chi connectivity index (χ0n) is 13.2. The van der Waals surface area contributed by atoms with E-state index in [-0.39, 0.29) is 18.1 Å². The molecule has 0 fully saturated rings. The molecule has 118 valence electrons. The van der Waals surface area contributed by atoms with Crippen LogP contribution in [-0.2, 0) is 0 Å². The number of hydrogen-bond acceptors (Lipinski definition) is 5. The van der Waals surface area contributed by atoms with Crippen LogP contribution in [0.2, 0.25) is 0 Å². The summed E-state index contributed by atoms with van der Waals surface area (Å²) in [6.07, 6.45) is 1.73. The Hall–Kier alpha value is -2.08. The summed E-state index contributed by atoms with van der Waals surface area (Å²) in [5.74, 6) is 0.715. The van der Waals surface area contributed by atoms with Crippen LogP contribution in [0.5, 0.6) is 5.75 Å². The molecule has 1 amide bonds. The van der Waals surface area contributed by atoms with Crippen LogP contribution in [0.25, 0.3) is 0 Å². The van der Waals surface area contributed by atoms with Gasteiger partial charge in [-0.15, -0.1) is 0 Å². The van der Waals surface area contributed by atoms with Crippen molar-refractivity contribution >= 4 is 22.4 Å². The molecular formula is C16H21N3O2S. The van der Waals surface area contributed by atoms with Crippen LogP contribution >= 0.6 is 11.3 Å². The van der Waals surface area contributed by atoms with Crippen LogP contribution in [0.15, 0.2) is 30.5 Å². The van der Waals surface area contributed by atoms with Gasteiger partial charge < -0.3 is 15.4 Å². The van der Waals surface area contributed by atoms with Crippen molar-refractivity contribution in [1.82, 2.24) is 10.3 Å². The molecule has 0 aliphatic carbocycles. The van der Waals surface area contributed by atoms with Crippen molar-refractivity contribution in [3.05, 3.63) is 40.9 Å². The van der Waals surface area contributed by atoms with Crippen molar-refractivity contribution in [2.45, 2.75) is 32.9 Å². The van der Waals surface area contributed by atoms with E-state index in [2.05, 4.69) is 15.6 Å². The summed E-state index contributed by atoms with van der Waals surface area (Å²) in [5, 5.41) is 6.63. The van der Waals surface area contributed by atoms with Gasteiger partial charge in [-0.25, -0.2) is 4.98 Å². The third kappa shape index (κ3) is 4.21. The van der Waals surface area contributed by atoms with Crippen molar-refractivity contribution in [2.75, 3.05) is 12.4 Å². The van der Waals surface area contributed by atoms with Crippen molar-refractivity contribution < 1.29 is 9.53 Å². The smallest absolute Gasteiger partial charge is 0.263 e. The fraction of sp³-hybridized carbons (Fsp3) is 0.375. The number of carbonyl (C=O) groups excluding carboxylic acids is 1. The maximum absolute atomic E-state index is 12.2. The summed E-state index contributed by atoms with van der Waals surface area (Å²) in [6, 6.07) is 7.69. The van der Waals surface area contributed by atoms with Gasteiger partial charge in [0, 0.05) is 7.05 Å². The Bertz CT molecular complexity index is 623. The second kappa shape index (κ2) is 7.26. The minimum Gasteiger partial charge on any atom is -0.491 e. The molecule has 0 saturated carbocycles. The van der Waals surface area contributed by atoms with Gasteiger partial charge in [0.1, 0.15) is 10.6 Å². The Morgan fingerprint density at radius 3 is 2.45 bits per heavy atom. The first kappa shape index (κ1) is 16.3. The molecule has 2 rings (SSSR count). The number of aromatic nitrogens is 1. The van der Waals surface area contributed by atoms with E-state index in [1.54, 1.807) is 13.2 Å². The second-order valence-electron chi connectivity index (χ2n) is 5.21. The average Bonchev–Trinajstić information content (AvgIpc) is 2.96. The van der Waals surface area contributed by atoms with Gasteiger partial charge in [-0.05, 0) is 38.5 Å². The molecule has 0 aliphatic rings. The summed E-state index contributed by atoms with van der Waals surface area (Å²) in [5.41, 5.74) is 1.03. The third-order valence-electron chi connectivity index (χ3n) is 3.04. The van der Waals surface area contributed by atoms with Crippen molar-refractivity contribution in [3.63, 3.8) is 0 Å². The fourth-order valence-electron chi connectivity index (χ4n) is 1.95. The van der Waals surface area contributed by atoms with Crippen LogP contribution < -0.4 is 15.4 Å². The summed E-state index contributed by atoms with van der Waals surface area (Å²) in [6.45, 7) is 5.94. The molecule has 1 atom stereocenters. The summed E-state index contributed by atoms with van der Waals surface area (Å²) in [7, 11) is 1.78. The number of hydrogen-bond donors (Lipinski definition) is 2. The van der Waals surface area contributed by atoms with Gasteiger partial charge in [0.05, 0.1) is 18.3 Å². The van der Waals surface area contributed by atoms with Crippen molar-refractivity contribution in [1.29, 1.82) is 0 Å². The van der Waals surface area contributed by atoms with Crippen molar-refractivity contribution in [3.8, 4) is 5.75 Å². The standard InChI is InChI=1S/C16H21N3O2S/c1-10(2)21-13-7-5-12(6-8-13)11(3)19-15(20)14-9-18-16(17-4)22-14/h5-11H,1-4H3,(H,17,18)(H,19,20). The molecule has 0 radical (unpaired) electrons. The van der Waals surface area contributed by atoms with Crippen LogP contribution in [-0.4, -0.2) is 24.0 Å². The lowest BCUT2D eigenvalue weighted by atomic mass is 10.1. The number of carbonyl (C=O) groups is 1. The van der Waals surface area contributed by atoms with Crippen molar-refractivity contribution in [2.24, 2.45) is 0 Å². The molecular weight excluding hydrogens is 298 g/mol. The molecule has 2 N–H and O–H groups in total. The number of nitrogens with zero attached hydrogens (tertiary/aromatic N) is 1. The first-order chi connectivity index (χ1) is 10.5. The number of amides is 1. The lowest BCUT2D eigenvalue weighted by Gasteiger charge is -2.15. The normalized spacial score (nSPS) is 12.0. The molecule has 1 aromatic heterocycles. The Labute approximate surface area is 134 Å². The third-order valence-corrected chi connectivity index (χ3v) is 4.06. The van der Waals surface area contributed by atoms with E-state index in [0.29, 0.717) is 4.88 Å². The molecule has 0 bridgehead atoms. The van der Waals surface area contributed by atoms with Gasteiger partial charge in [-0.3, -0.25) is 4.79 Å². The topological polar surface area (TPSA) is 63.2 Å². The Balaban J connectivity index is 1.99. The van der Waals surface area contributed by atoms with Gasteiger partial charge in [0.15, 0.2) is 5.13 Å². The van der Waals surface area contributed by atoms with Gasteiger partial charge >= 0.3 is 0 Å². The predicted octanol–water partition coefficient (Wildman–Crippen LogP) is 3.46. The van der Waals surface area contributed by atoms with E-state index in [4.69, 9.17) is 4.74 Å². The van der Waals surface area contributed by atoms with E-state index in [0.717, 1.165) is 16.4 Å². The Morgan fingerprint density at radius 1 is 1.23 bits per heavy atom. The number of thiazole rings is 1. The van der Waals surface area contributed by atoms with E-state index in [1.807, 2.05) is 45.0 Å². The van der Waals surface area contributed by atoms with Crippen LogP contribution in [0, 0.1) is 0 Å². The maximum atomic E-state index is 12.2. The van der Waals surface area contributed by atoms with E-state index in [9.17, 15) is 4.79 Å². The van der Waals surface area contributed by atoms with Crippen LogP contribution in [0.4, 0.5) is 5.13 Å². The summed E-state index contributed by atoms with van der Waals surface area (Å²) < 4.78 is 5.61. The maximum Gasteiger partial charge on any atom is 0.263 e. The lowest BCUT2D eigenvalue weighted by molar-refractivity contribution is 0.0944. The minimum absolute atomic E-state index is 0.0827. The predicted molar refractivity (Wildman–Crippen MR) is 89.7 cm³/mol. The number of rotatable bonds is 6. The molecule has 0 saturated heterocycles. The van der Waals surface area contributed by atoms with Gasteiger partial charge in [-0.2, -0.15) is 0 Å². The minimum atomic E-state index is -0.117. The summed E-state index contributed by atoms with van der Waals surface area (Å²) >= 11 is 1.33. The largest absolute Gasteiger partial charge is 0.491 e. The number of nitrogens with one attached hydrogen (secondary N) is 2. The molecule has 2 aromatic rings. The van der Waals surface area contributed by atoms with E-state index < -0.39 is 0 Å². The molecule has 0 spiro atoms. The van der Waals surface area contributed by atoms with E-state index in [1.165, 1.54) is 11.3 Å².